The number of amides is 1. The number of nitrogens with one attached hydrogen (secondary N) is 2. The number of nitrogens with zero attached hydrogens (tertiary/aromatic N) is 2. The number of anilines is 2. The molecule has 1 saturated carbocycles. The number of carbonyl (C=O) groups is 1. The maximum absolute atomic E-state index is 12.5. The van der Waals surface area contributed by atoms with Crippen molar-refractivity contribution >= 4 is 42.2 Å². The summed E-state index contributed by atoms with van der Waals surface area (Å²) in [5.41, 5.74) is 0.780. The summed E-state index contributed by atoms with van der Waals surface area (Å²) in [5, 5.41) is 6.53. The normalized spacial score (nSPS) is 24.5. The van der Waals surface area contributed by atoms with Crippen LogP contribution in [0.4, 0.5) is 11.5 Å². The van der Waals surface area contributed by atoms with Gasteiger partial charge in [0.05, 0.1) is 17.9 Å². The lowest BCUT2D eigenvalue weighted by Crippen LogP contribution is -2.39. The summed E-state index contributed by atoms with van der Waals surface area (Å²) in [6.45, 7) is 6.10. The summed E-state index contributed by atoms with van der Waals surface area (Å²) in [4.78, 5) is 19.1. The average Bonchev–Trinajstić information content (AvgIpc) is 3.02. The molecule has 3 atom stereocenters. The Morgan fingerprint density at radius 2 is 1.96 bits per heavy atom. The monoisotopic (exact) mass is 388 g/mol. The van der Waals surface area contributed by atoms with Crippen LogP contribution in [0.15, 0.2) is 18.3 Å². The lowest BCUT2D eigenvalue weighted by molar-refractivity contribution is -0.117. The molecule has 3 unspecified atom stereocenters. The van der Waals surface area contributed by atoms with E-state index >= 15 is 0 Å². The molecule has 25 heavy (non-hydrogen) atoms. The molecule has 1 aliphatic heterocycles. The number of carbonyl (C=O) groups excluding carboxylic acids is 1. The van der Waals surface area contributed by atoms with Gasteiger partial charge in [0.2, 0.25) is 5.91 Å². The van der Waals surface area contributed by atoms with Crippen molar-refractivity contribution in [2.75, 3.05) is 23.3 Å². The molecule has 1 aromatic heterocycles. The Hall–Kier alpha value is -1.04. The van der Waals surface area contributed by atoms with Crippen molar-refractivity contribution < 1.29 is 4.79 Å². The van der Waals surface area contributed by atoms with E-state index in [4.69, 9.17) is 0 Å². The molecule has 1 aliphatic carbocycles. The second kappa shape index (κ2) is 10.2. The number of halogens is 2. The molecule has 1 saturated heterocycles. The Morgan fingerprint density at radius 1 is 1.24 bits per heavy atom. The highest BCUT2D eigenvalue weighted by Crippen LogP contribution is 2.33. The number of pyridine rings is 1. The number of hydrogen-bond acceptors (Lipinski definition) is 4. The molecular weight excluding hydrogens is 359 g/mol. The molecule has 2 heterocycles. The Bertz CT molecular complexity index is 522. The van der Waals surface area contributed by atoms with Gasteiger partial charge in [-0.3, -0.25) is 4.79 Å². The van der Waals surface area contributed by atoms with Crippen molar-refractivity contribution in [3.8, 4) is 0 Å². The summed E-state index contributed by atoms with van der Waals surface area (Å²) < 4.78 is 0. The van der Waals surface area contributed by atoms with E-state index in [2.05, 4.69) is 34.4 Å². The zero-order valence-corrected chi connectivity index (χ0v) is 16.7. The number of fused-ring (bicyclic) bond motifs is 1. The highest BCUT2D eigenvalue weighted by molar-refractivity contribution is 5.95. The van der Waals surface area contributed by atoms with Gasteiger partial charge in [-0.25, -0.2) is 4.98 Å². The average molecular weight is 389 g/mol. The minimum Gasteiger partial charge on any atom is -0.357 e. The first-order valence-electron chi connectivity index (χ1n) is 8.99. The largest absolute Gasteiger partial charge is 0.357 e. The minimum atomic E-state index is -0.0504. The maximum atomic E-state index is 12.5. The Labute approximate surface area is 163 Å². The van der Waals surface area contributed by atoms with Crippen molar-refractivity contribution in [3.63, 3.8) is 0 Å². The van der Waals surface area contributed by atoms with E-state index in [0.29, 0.717) is 12.0 Å². The Balaban J connectivity index is 0.00000156. The third-order valence-corrected chi connectivity index (χ3v) is 5.28. The van der Waals surface area contributed by atoms with E-state index < -0.39 is 0 Å². The predicted octanol–water partition coefficient (Wildman–Crippen LogP) is 3.63. The van der Waals surface area contributed by atoms with Crippen molar-refractivity contribution in [2.45, 2.75) is 58.0 Å². The number of hydrogen-bond donors (Lipinski definition) is 2. The van der Waals surface area contributed by atoms with Crippen LogP contribution in [0.25, 0.3) is 0 Å². The van der Waals surface area contributed by atoms with Gasteiger partial charge in [-0.2, -0.15) is 0 Å². The summed E-state index contributed by atoms with van der Waals surface area (Å²) in [6, 6.07) is 4.42. The molecule has 0 radical (unpaired) electrons. The zero-order valence-electron chi connectivity index (χ0n) is 15.0. The SMILES string of the molecule is CCN(CC)c1ccc(NC(=O)C2CC3CCCCC3N2)cn1.Cl.Cl. The van der Waals surface area contributed by atoms with Gasteiger partial charge in [-0.05, 0) is 51.2 Å². The van der Waals surface area contributed by atoms with Crippen LogP contribution in [-0.2, 0) is 4.79 Å². The molecule has 2 N–H and O–H groups in total. The summed E-state index contributed by atoms with van der Waals surface area (Å²) in [7, 11) is 0. The molecule has 0 bridgehead atoms. The van der Waals surface area contributed by atoms with Crippen LogP contribution in [0.3, 0.4) is 0 Å². The van der Waals surface area contributed by atoms with E-state index in [1.165, 1.54) is 25.7 Å². The fourth-order valence-corrected chi connectivity index (χ4v) is 3.95. The number of aromatic nitrogens is 1. The van der Waals surface area contributed by atoms with Crippen LogP contribution in [0.1, 0.15) is 46.0 Å². The van der Waals surface area contributed by atoms with Crippen LogP contribution >= 0.6 is 24.8 Å². The highest BCUT2D eigenvalue weighted by Gasteiger charge is 2.38. The predicted molar refractivity (Wildman–Crippen MR) is 108 cm³/mol. The van der Waals surface area contributed by atoms with E-state index in [9.17, 15) is 4.79 Å². The quantitative estimate of drug-likeness (QED) is 0.808. The first-order valence-corrected chi connectivity index (χ1v) is 8.99. The van der Waals surface area contributed by atoms with Gasteiger partial charge in [0, 0.05) is 19.1 Å². The second-order valence-corrected chi connectivity index (χ2v) is 6.67. The van der Waals surface area contributed by atoms with Crippen molar-refractivity contribution in [1.29, 1.82) is 0 Å². The number of rotatable bonds is 5. The molecule has 0 spiro atoms. The molecule has 5 nitrogen and oxygen atoms in total. The third-order valence-electron chi connectivity index (χ3n) is 5.28. The fraction of sp³-hybridized carbons (Fsp3) is 0.667. The smallest absolute Gasteiger partial charge is 0.241 e. The zero-order chi connectivity index (χ0) is 16.2. The lowest BCUT2D eigenvalue weighted by Gasteiger charge is -2.24. The van der Waals surface area contributed by atoms with Crippen LogP contribution < -0.4 is 15.5 Å². The van der Waals surface area contributed by atoms with Gasteiger partial charge in [0.15, 0.2) is 0 Å². The summed E-state index contributed by atoms with van der Waals surface area (Å²) >= 11 is 0. The standard InChI is InChI=1S/C18H28N4O.2ClH/c1-3-22(4-2)17-10-9-14(12-19-17)20-18(23)16-11-13-7-5-6-8-15(13)21-16;;/h9-10,12-13,15-16,21H,3-8,11H2,1-2H3,(H,20,23);2*1H. The first kappa shape index (κ1) is 22.0. The van der Waals surface area contributed by atoms with Crippen LogP contribution in [0.2, 0.25) is 0 Å². The van der Waals surface area contributed by atoms with E-state index in [1.807, 2.05) is 12.1 Å². The van der Waals surface area contributed by atoms with Crippen molar-refractivity contribution in [3.05, 3.63) is 18.3 Å². The molecule has 7 heteroatoms. The lowest BCUT2D eigenvalue weighted by atomic mass is 9.85. The van der Waals surface area contributed by atoms with E-state index in [0.717, 1.165) is 31.0 Å². The van der Waals surface area contributed by atoms with E-state index in [1.54, 1.807) is 6.20 Å². The molecule has 3 rings (SSSR count). The fourth-order valence-electron chi connectivity index (χ4n) is 3.95. The molecule has 2 fully saturated rings. The van der Waals surface area contributed by atoms with Gasteiger partial charge in [0.1, 0.15) is 5.82 Å². The molecule has 1 amide bonds. The first-order chi connectivity index (χ1) is 11.2. The summed E-state index contributed by atoms with van der Waals surface area (Å²) in [5.74, 6) is 1.72. The van der Waals surface area contributed by atoms with Gasteiger partial charge in [-0.15, -0.1) is 24.8 Å². The van der Waals surface area contributed by atoms with Crippen LogP contribution in [-0.4, -0.2) is 36.1 Å². The van der Waals surface area contributed by atoms with Gasteiger partial charge in [-0.1, -0.05) is 12.8 Å². The van der Waals surface area contributed by atoms with Gasteiger partial charge in [0.25, 0.3) is 0 Å². The Kier molecular flexibility index (Phi) is 8.97. The van der Waals surface area contributed by atoms with Gasteiger partial charge < -0.3 is 15.5 Å². The summed E-state index contributed by atoms with van der Waals surface area (Å²) in [6.07, 6.45) is 7.82. The highest BCUT2D eigenvalue weighted by atomic mass is 35.5. The third kappa shape index (κ3) is 5.22. The van der Waals surface area contributed by atoms with E-state index in [-0.39, 0.29) is 36.8 Å². The maximum Gasteiger partial charge on any atom is 0.241 e. The van der Waals surface area contributed by atoms with Gasteiger partial charge >= 0.3 is 0 Å². The van der Waals surface area contributed by atoms with Crippen LogP contribution in [0, 0.1) is 5.92 Å². The van der Waals surface area contributed by atoms with Crippen LogP contribution in [0.5, 0.6) is 0 Å². The molecule has 2 aliphatic rings. The molecule has 142 valence electrons. The topological polar surface area (TPSA) is 57.3 Å². The molecule has 0 aromatic carbocycles. The minimum absolute atomic E-state index is 0. The van der Waals surface area contributed by atoms with Crippen molar-refractivity contribution in [2.24, 2.45) is 5.92 Å². The molecule has 1 aromatic rings. The van der Waals surface area contributed by atoms with Crippen molar-refractivity contribution in [1.82, 2.24) is 10.3 Å². The Morgan fingerprint density at radius 3 is 2.56 bits per heavy atom. The molecular formula is C18H30Cl2N4O. The second-order valence-electron chi connectivity index (χ2n) is 6.67.